The summed E-state index contributed by atoms with van der Waals surface area (Å²) in [5, 5.41) is 1.20. The summed E-state index contributed by atoms with van der Waals surface area (Å²) in [4.78, 5) is 4.18. The van der Waals surface area contributed by atoms with Gasteiger partial charge >= 0.3 is 49.6 Å². The fourth-order valence-corrected chi connectivity index (χ4v) is 1.02. The molecule has 0 saturated carbocycles. The number of hydrogen-bond acceptors (Lipinski definition) is 2. The van der Waals surface area contributed by atoms with Gasteiger partial charge in [0.2, 0.25) is 0 Å². The van der Waals surface area contributed by atoms with E-state index < -0.39 is 11.9 Å². The van der Waals surface area contributed by atoms with Crippen molar-refractivity contribution in [2.24, 2.45) is 0 Å². The molecule has 0 aliphatic heterocycles. The summed E-state index contributed by atoms with van der Waals surface area (Å²) in [6, 6.07) is 12.1. The average Bonchev–Trinajstić information content (AvgIpc) is 2.16. The fourth-order valence-electron chi connectivity index (χ4n) is 1.02. The van der Waals surface area contributed by atoms with Crippen LogP contribution < -0.4 is 6.15 Å². The predicted octanol–water partition coefficient (Wildman–Crippen LogP) is 5.15. The van der Waals surface area contributed by atoms with Gasteiger partial charge in [0.15, 0.2) is 0 Å². The van der Waals surface area contributed by atoms with Gasteiger partial charge in [0, 0.05) is 11.6 Å². The zero-order valence-corrected chi connectivity index (χ0v) is 13.3. The van der Waals surface area contributed by atoms with E-state index in [0.29, 0.717) is 0 Å². The molecular formula is C9H10Cl4N2Pt. The third-order valence-electron chi connectivity index (χ3n) is 1.51. The van der Waals surface area contributed by atoms with Crippen LogP contribution in [0.3, 0.4) is 0 Å². The number of aromatic nitrogens is 1. The van der Waals surface area contributed by atoms with Gasteiger partial charge < -0.3 is 6.15 Å². The fraction of sp³-hybridized carbons (Fsp3) is 0. The first-order chi connectivity index (χ1) is 6.97. The second-order valence-electron chi connectivity index (χ2n) is 2.47. The minimum absolute atomic E-state index is 0. The van der Waals surface area contributed by atoms with Crippen LogP contribution in [0.15, 0.2) is 42.6 Å². The summed E-state index contributed by atoms with van der Waals surface area (Å²) in [6.45, 7) is 0. The normalized spacial score (nSPS) is 11.0. The number of rotatable bonds is 0. The molecule has 7 heteroatoms. The molecule has 0 aliphatic carbocycles. The molecule has 94 valence electrons. The number of halogens is 4. The maximum Gasteiger partial charge on any atom is 0.0701 e. The Morgan fingerprint density at radius 2 is 1.38 bits per heavy atom. The predicted molar refractivity (Wildman–Crippen MR) is 70.2 cm³/mol. The molecule has 0 fully saturated rings. The van der Waals surface area contributed by atoms with Gasteiger partial charge in [0.05, 0.1) is 5.52 Å². The summed E-state index contributed by atoms with van der Waals surface area (Å²) < 4.78 is 0. The van der Waals surface area contributed by atoms with E-state index in [1.165, 1.54) is 5.39 Å². The summed E-state index contributed by atoms with van der Waals surface area (Å²) in [7, 11) is 20.0. The third kappa shape index (κ3) is 7.67. The van der Waals surface area contributed by atoms with Gasteiger partial charge in [-0.15, -0.1) is 0 Å². The third-order valence-corrected chi connectivity index (χ3v) is 1.51. The monoisotopic (exact) mass is 481 g/mol. The molecule has 0 aliphatic rings. The first kappa shape index (κ1) is 16.4. The molecular weight excluding hydrogens is 473 g/mol. The molecule has 3 N–H and O–H groups in total. The van der Waals surface area contributed by atoms with E-state index in [-0.39, 0.29) is 6.15 Å². The first-order valence-corrected chi connectivity index (χ1v) is 15.0. The van der Waals surface area contributed by atoms with E-state index in [1.54, 1.807) is 0 Å². The molecule has 0 amide bonds. The minimum Gasteiger partial charge on any atom is -0.256 e. The SMILES string of the molecule is N.[Cl][Pt]([Cl])([Cl])[Cl].c1ccc2ncccc2c1. The number of nitrogens with zero attached hydrogens (tertiary/aromatic N) is 1. The van der Waals surface area contributed by atoms with E-state index in [9.17, 15) is 0 Å². The number of pyridine rings is 1. The summed E-state index contributed by atoms with van der Waals surface area (Å²) in [6.07, 6.45) is 1.81. The maximum atomic E-state index is 5.01. The Bertz CT molecular complexity index is 362. The van der Waals surface area contributed by atoms with Crippen LogP contribution in [0.1, 0.15) is 0 Å². The maximum absolute atomic E-state index is 5.01. The van der Waals surface area contributed by atoms with Crippen LogP contribution in [0, 0.1) is 0 Å². The largest absolute Gasteiger partial charge is 0.256 e. The molecule has 0 bridgehead atoms. The van der Waals surface area contributed by atoms with Crippen molar-refractivity contribution in [1.29, 1.82) is 0 Å². The van der Waals surface area contributed by atoms with Gasteiger partial charge in [-0.3, -0.25) is 4.98 Å². The number of benzene rings is 1. The number of fused-ring (bicyclic) bond motifs is 1. The van der Waals surface area contributed by atoms with Gasteiger partial charge in [0.1, 0.15) is 0 Å². The Kier molecular flexibility index (Phi) is 7.92. The molecule has 2 aromatic rings. The number of para-hydroxylation sites is 1. The Hall–Kier alpha value is 0.438. The standard InChI is InChI=1S/C9H7N.4ClH.H3N.Pt/c1-2-6-9-8(4-1)5-3-7-10-9;;;;;;/h1-7H;4*1H;1H3;/q;;;;;;+4/p-4. The minimum atomic E-state index is -3.06. The molecule has 1 aromatic carbocycles. The van der Waals surface area contributed by atoms with E-state index in [0.717, 1.165) is 5.52 Å². The van der Waals surface area contributed by atoms with Crippen LogP contribution in [0.2, 0.25) is 0 Å². The topological polar surface area (TPSA) is 47.9 Å². The first-order valence-electron chi connectivity index (χ1n) is 3.74. The average molecular weight is 483 g/mol. The summed E-state index contributed by atoms with van der Waals surface area (Å²) in [5.74, 6) is 0. The Morgan fingerprint density at radius 1 is 0.875 bits per heavy atom. The van der Waals surface area contributed by atoms with E-state index in [2.05, 4.69) is 17.1 Å². The zero-order valence-electron chi connectivity index (χ0n) is 8.02. The van der Waals surface area contributed by atoms with Crippen LogP contribution in [-0.4, -0.2) is 4.98 Å². The zero-order chi connectivity index (χ0) is 11.3. The molecule has 0 radical (unpaired) electrons. The summed E-state index contributed by atoms with van der Waals surface area (Å²) >= 11 is -3.06. The quantitative estimate of drug-likeness (QED) is 0.564. The van der Waals surface area contributed by atoms with E-state index >= 15 is 0 Å². The molecule has 1 aromatic heterocycles. The molecule has 0 saturated heterocycles. The van der Waals surface area contributed by atoms with Crippen molar-refractivity contribution in [3.63, 3.8) is 0 Å². The van der Waals surface area contributed by atoms with Crippen molar-refractivity contribution in [3.8, 4) is 0 Å². The van der Waals surface area contributed by atoms with Crippen molar-refractivity contribution in [3.05, 3.63) is 42.6 Å². The number of hydrogen-bond donors (Lipinski definition) is 1. The van der Waals surface area contributed by atoms with E-state index in [1.807, 2.05) is 30.5 Å². The van der Waals surface area contributed by atoms with Crippen molar-refractivity contribution in [2.45, 2.75) is 0 Å². The van der Waals surface area contributed by atoms with Crippen molar-refractivity contribution >= 4 is 48.6 Å². The van der Waals surface area contributed by atoms with Gasteiger partial charge in [-0.1, -0.05) is 24.3 Å². The molecule has 16 heavy (non-hydrogen) atoms. The Morgan fingerprint density at radius 3 is 1.94 bits per heavy atom. The molecule has 1 heterocycles. The van der Waals surface area contributed by atoms with Crippen LogP contribution in [0.25, 0.3) is 10.9 Å². The van der Waals surface area contributed by atoms with Crippen molar-refractivity contribution < 1.29 is 11.9 Å². The Labute approximate surface area is 113 Å². The van der Waals surface area contributed by atoms with Gasteiger partial charge in [0.25, 0.3) is 0 Å². The molecule has 2 rings (SSSR count). The van der Waals surface area contributed by atoms with Crippen LogP contribution in [-0.2, 0) is 11.9 Å². The van der Waals surface area contributed by atoms with Gasteiger partial charge in [-0.2, -0.15) is 0 Å². The van der Waals surface area contributed by atoms with Crippen molar-refractivity contribution in [2.75, 3.05) is 0 Å². The van der Waals surface area contributed by atoms with Crippen molar-refractivity contribution in [1.82, 2.24) is 11.1 Å². The Balaban J connectivity index is 0.000000330. The second kappa shape index (κ2) is 7.70. The summed E-state index contributed by atoms with van der Waals surface area (Å²) in [5.41, 5.74) is 1.06. The van der Waals surface area contributed by atoms with Gasteiger partial charge in [-0.05, 0) is 12.1 Å². The molecule has 0 atom stereocenters. The van der Waals surface area contributed by atoms with Gasteiger partial charge in [-0.25, -0.2) is 0 Å². The van der Waals surface area contributed by atoms with Crippen LogP contribution in [0.5, 0.6) is 0 Å². The smallest absolute Gasteiger partial charge is 0.0701 e. The van der Waals surface area contributed by atoms with Crippen LogP contribution in [0.4, 0.5) is 0 Å². The van der Waals surface area contributed by atoms with E-state index in [4.69, 9.17) is 37.7 Å². The second-order valence-corrected chi connectivity index (χ2v) is 22.2. The molecule has 0 spiro atoms. The van der Waals surface area contributed by atoms with Crippen LogP contribution >= 0.6 is 37.7 Å². The molecule has 2 nitrogen and oxygen atoms in total. The molecule has 0 unspecified atom stereocenters.